The van der Waals surface area contributed by atoms with E-state index in [2.05, 4.69) is 45.9 Å². The van der Waals surface area contributed by atoms with E-state index in [1.165, 1.54) is 17.5 Å². The Bertz CT molecular complexity index is 854. The van der Waals surface area contributed by atoms with Crippen molar-refractivity contribution >= 4 is 46.5 Å². The number of halogens is 2. The minimum Gasteiger partial charge on any atom is -0.353 e. The first-order valence-corrected chi connectivity index (χ1v) is 12.1. The SMILES string of the molecule is CN1CCC(CN(C)CCCc2cccc(Nc3c(Cl)cccc3Cl)c2)(SN=O)CC1. The molecule has 2 aromatic carbocycles. The maximum atomic E-state index is 11.0. The number of hydrogen-bond donors (Lipinski definition) is 1. The summed E-state index contributed by atoms with van der Waals surface area (Å²) in [5, 5.41) is 4.54. The minimum atomic E-state index is -0.0545. The van der Waals surface area contributed by atoms with E-state index < -0.39 is 0 Å². The van der Waals surface area contributed by atoms with Gasteiger partial charge in [-0.05, 0) is 89.2 Å². The molecule has 1 aliphatic rings. The number of nitrogens with zero attached hydrogens (tertiary/aromatic N) is 3. The molecule has 31 heavy (non-hydrogen) atoms. The van der Waals surface area contributed by atoms with Gasteiger partial charge >= 0.3 is 0 Å². The molecule has 1 N–H and O–H groups in total. The summed E-state index contributed by atoms with van der Waals surface area (Å²) in [5.74, 6) is 0. The van der Waals surface area contributed by atoms with Gasteiger partial charge in [-0.1, -0.05) is 41.4 Å². The molecule has 168 valence electrons. The highest BCUT2D eigenvalue weighted by Crippen LogP contribution is 2.37. The van der Waals surface area contributed by atoms with Gasteiger partial charge in [0.05, 0.1) is 20.5 Å². The summed E-state index contributed by atoms with van der Waals surface area (Å²) in [6, 6.07) is 13.8. The molecule has 0 spiro atoms. The van der Waals surface area contributed by atoms with Crippen molar-refractivity contribution in [1.29, 1.82) is 0 Å². The van der Waals surface area contributed by atoms with Gasteiger partial charge in [-0.2, -0.15) is 0 Å². The summed E-state index contributed by atoms with van der Waals surface area (Å²) in [7, 11) is 4.28. The molecule has 0 amide bonds. The van der Waals surface area contributed by atoms with Crippen LogP contribution in [-0.2, 0) is 6.42 Å². The number of benzene rings is 2. The van der Waals surface area contributed by atoms with Crippen LogP contribution in [0, 0.1) is 4.91 Å². The van der Waals surface area contributed by atoms with Crippen LogP contribution in [0.4, 0.5) is 11.4 Å². The van der Waals surface area contributed by atoms with Gasteiger partial charge in [0, 0.05) is 28.8 Å². The molecule has 8 heteroatoms. The van der Waals surface area contributed by atoms with Crippen molar-refractivity contribution in [2.45, 2.75) is 30.4 Å². The van der Waals surface area contributed by atoms with Crippen molar-refractivity contribution in [3.8, 4) is 0 Å². The average Bonchev–Trinajstić information content (AvgIpc) is 2.74. The Balaban J connectivity index is 1.52. The fourth-order valence-electron chi connectivity index (χ4n) is 4.07. The van der Waals surface area contributed by atoms with E-state index in [-0.39, 0.29) is 4.75 Å². The van der Waals surface area contributed by atoms with E-state index in [0.29, 0.717) is 10.0 Å². The Hall–Kier alpha value is -1.31. The van der Waals surface area contributed by atoms with Gasteiger partial charge in [0.15, 0.2) is 0 Å². The molecular formula is C23H30Cl2N4OS. The Morgan fingerprint density at radius 2 is 1.84 bits per heavy atom. The Kier molecular flexibility index (Phi) is 9.05. The third kappa shape index (κ3) is 7.09. The first-order valence-electron chi connectivity index (χ1n) is 10.6. The predicted molar refractivity (Wildman–Crippen MR) is 135 cm³/mol. The lowest BCUT2D eigenvalue weighted by Crippen LogP contribution is -2.47. The lowest BCUT2D eigenvalue weighted by Gasteiger charge is -2.40. The average molecular weight is 481 g/mol. The second-order valence-electron chi connectivity index (χ2n) is 8.42. The minimum absolute atomic E-state index is 0.0545. The second kappa shape index (κ2) is 11.5. The van der Waals surface area contributed by atoms with E-state index in [0.717, 1.165) is 63.2 Å². The van der Waals surface area contributed by atoms with Crippen LogP contribution in [-0.4, -0.2) is 54.8 Å². The number of para-hydroxylation sites is 1. The molecule has 0 bridgehead atoms. The van der Waals surface area contributed by atoms with Gasteiger partial charge < -0.3 is 15.1 Å². The van der Waals surface area contributed by atoms with Gasteiger partial charge in [0.25, 0.3) is 0 Å². The van der Waals surface area contributed by atoms with E-state index in [1.807, 2.05) is 30.3 Å². The molecule has 3 rings (SSSR count). The maximum Gasteiger partial charge on any atom is 0.0762 e. The van der Waals surface area contributed by atoms with E-state index in [4.69, 9.17) is 23.2 Å². The van der Waals surface area contributed by atoms with Crippen LogP contribution < -0.4 is 5.32 Å². The molecule has 0 atom stereocenters. The molecule has 1 heterocycles. The highest BCUT2D eigenvalue weighted by molar-refractivity contribution is 7.99. The highest BCUT2D eigenvalue weighted by Gasteiger charge is 2.36. The summed E-state index contributed by atoms with van der Waals surface area (Å²) in [6.45, 7) is 3.91. The molecule has 0 saturated carbocycles. The summed E-state index contributed by atoms with van der Waals surface area (Å²) in [4.78, 5) is 15.7. The van der Waals surface area contributed by atoms with Crippen LogP contribution in [0.1, 0.15) is 24.8 Å². The number of rotatable bonds is 10. The van der Waals surface area contributed by atoms with Crippen molar-refractivity contribution in [1.82, 2.24) is 9.80 Å². The Morgan fingerprint density at radius 3 is 2.52 bits per heavy atom. The predicted octanol–water partition coefficient (Wildman–Crippen LogP) is 6.48. The number of aryl methyl sites for hydroxylation is 1. The number of nitroso groups, excluding NO2 is 1. The number of likely N-dealkylation sites (tertiary alicyclic amines) is 1. The summed E-state index contributed by atoms with van der Waals surface area (Å²) in [6.07, 6.45) is 4.03. The zero-order valence-corrected chi connectivity index (χ0v) is 20.4. The first-order chi connectivity index (χ1) is 14.9. The standard InChI is InChI=1S/C23H30Cl2N4OS/c1-28-14-11-23(12-15-28,31-27-30)17-29(2)13-5-7-18-6-3-8-19(16-18)26-22-20(24)9-4-10-21(22)25/h3-4,6,8-10,16,26H,5,7,11-15,17H2,1-2H3. The smallest absolute Gasteiger partial charge is 0.0762 e. The molecular weight excluding hydrogens is 451 g/mol. The summed E-state index contributed by atoms with van der Waals surface area (Å²) < 4.78 is 3.14. The van der Waals surface area contributed by atoms with Crippen molar-refractivity contribution in [2.75, 3.05) is 45.6 Å². The summed E-state index contributed by atoms with van der Waals surface area (Å²) >= 11 is 13.8. The second-order valence-corrected chi connectivity index (χ2v) is 10.4. The fourth-order valence-corrected chi connectivity index (χ4v) is 5.37. The van der Waals surface area contributed by atoms with Gasteiger partial charge in [-0.15, -0.1) is 4.91 Å². The highest BCUT2D eigenvalue weighted by atomic mass is 35.5. The molecule has 0 aliphatic carbocycles. The zero-order valence-electron chi connectivity index (χ0n) is 18.1. The molecule has 0 aromatic heterocycles. The Labute approximate surface area is 199 Å². The number of hydrogen-bond acceptors (Lipinski definition) is 6. The topological polar surface area (TPSA) is 47.9 Å². The van der Waals surface area contributed by atoms with Crippen molar-refractivity contribution in [3.63, 3.8) is 0 Å². The number of nitrogens with one attached hydrogen (secondary N) is 1. The monoisotopic (exact) mass is 480 g/mol. The lowest BCUT2D eigenvalue weighted by atomic mass is 9.95. The third-order valence-electron chi connectivity index (χ3n) is 5.85. The van der Waals surface area contributed by atoms with Crippen LogP contribution in [0.3, 0.4) is 0 Å². The maximum absolute atomic E-state index is 11.0. The van der Waals surface area contributed by atoms with Crippen LogP contribution in [0.5, 0.6) is 0 Å². The normalized spacial score (nSPS) is 16.4. The molecule has 0 radical (unpaired) electrons. The molecule has 1 fully saturated rings. The van der Waals surface area contributed by atoms with Crippen molar-refractivity contribution in [3.05, 3.63) is 63.0 Å². The van der Waals surface area contributed by atoms with Crippen molar-refractivity contribution < 1.29 is 0 Å². The molecule has 1 saturated heterocycles. The van der Waals surface area contributed by atoms with Crippen LogP contribution in [0.15, 0.2) is 47.0 Å². The zero-order chi connectivity index (χ0) is 22.3. The molecule has 0 unspecified atom stereocenters. The van der Waals surface area contributed by atoms with Crippen LogP contribution in [0.25, 0.3) is 0 Å². The molecule has 5 nitrogen and oxygen atoms in total. The van der Waals surface area contributed by atoms with Gasteiger partial charge in [0.2, 0.25) is 0 Å². The lowest BCUT2D eigenvalue weighted by molar-refractivity contribution is 0.196. The van der Waals surface area contributed by atoms with E-state index in [9.17, 15) is 4.91 Å². The number of piperidine rings is 1. The largest absolute Gasteiger partial charge is 0.353 e. The van der Waals surface area contributed by atoms with Crippen LogP contribution in [0.2, 0.25) is 10.0 Å². The Morgan fingerprint density at radius 1 is 1.16 bits per heavy atom. The number of anilines is 2. The van der Waals surface area contributed by atoms with Gasteiger partial charge in [-0.25, -0.2) is 0 Å². The van der Waals surface area contributed by atoms with E-state index in [1.54, 1.807) is 0 Å². The fraction of sp³-hybridized carbons (Fsp3) is 0.478. The van der Waals surface area contributed by atoms with Crippen molar-refractivity contribution in [2.24, 2.45) is 4.58 Å². The summed E-state index contributed by atoms with van der Waals surface area (Å²) in [5.41, 5.74) is 2.96. The van der Waals surface area contributed by atoms with Gasteiger partial charge in [0.1, 0.15) is 0 Å². The van der Waals surface area contributed by atoms with Crippen LogP contribution >= 0.6 is 35.1 Å². The third-order valence-corrected chi connectivity index (χ3v) is 7.48. The first kappa shape index (κ1) is 24.3. The van der Waals surface area contributed by atoms with E-state index >= 15 is 0 Å². The molecule has 1 aliphatic heterocycles. The van der Waals surface area contributed by atoms with Gasteiger partial charge in [-0.3, -0.25) is 0 Å². The molecule has 2 aromatic rings. The quantitative estimate of drug-likeness (QED) is 0.311.